The van der Waals surface area contributed by atoms with E-state index in [2.05, 4.69) is 5.32 Å². The molecule has 1 unspecified atom stereocenters. The highest BCUT2D eigenvalue weighted by molar-refractivity contribution is 7.99. The van der Waals surface area contributed by atoms with Crippen molar-refractivity contribution in [2.24, 2.45) is 5.92 Å². The maximum Gasteiger partial charge on any atom is 0.327 e. The van der Waals surface area contributed by atoms with Crippen LogP contribution in [0.2, 0.25) is 0 Å². The SMILES string of the molecule is CC(=O)NC(CSCCC1CC1)C(=O)O. The number of thioether (sulfide) groups is 1. The summed E-state index contributed by atoms with van der Waals surface area (Å²) in [6, 6.07) is -0.744. The van der Waals surface area contributed by atoms with Gasteiger partial charge in [0.2, 0.25) is 5.91 Å². The standard InChI is InChI=1S/C10H17NO3S/c1-7(12)11-9(10(13)14)6-15-5-4-8-2-3-8/h8-9H,2-6H2,1H3,(H,11,12)(H,13,14). The molecule has 86 valence electrons. The predicted octanol–water partition coefficient (Wildman–Crippen LogP) is 1.11. The summed E-state index contributed by atoms with van der Waals surface area (Å²) in [4.78, 5) is 21.5. The number of carbonyl (C=O) groups is 2. The Morgan fingerprint density at radius 1 is 1.53 bits per heavy atom. The molecule has 0 aromatic rings. The number of carbonyl (C=O) groups excluding carboxylic acids is 1. The van der Waals surface area contributed by atoms with Gasteiger partial charge in [0.25, 0.3) is 0 Å². The van der Waals surface area contributed by atoms with E-state index in [4.69, 9.17) is 5.11 Å². The number of nitrogens with one attached hydrogen (secondary N) is 1. The van der Waals surface area contributed by atoms with Crippen molar-refractivity contribution in [3.8, 4) is 0 Å². The molecule has 2 N–H and O–H groups in total. The van der Waals surface area contributed by atoms with E-state index in [1.54, 1.807) is 11.8 Å². The van der Waals surface area contributed by atoms with E-state index in [0.29, 0.717) is 5.75 Å². The molecule has 0 aromatic heterocycles. The van der Waals surface area contributed by atoms with Gasteiger partial charge in [-0.05, 0) is 18.1 Å². The fraction of sp³-hybridized carbons (Fsp3) is 0.800. The normalized spacial score (nSPS) is 17.1. The van der Waals surface area contributed by atoms with Gasteiger partial charge in [-0.1, -0.05) is 12.8 Å². The second-order valence-corrected chi connectivity index (χ2v) is 5.05. The van der Waals surface area contributed by atoms with Gasteiger partial charge in [0, 0.05) is 12.7 Å². The summed E-state index contributed by atoms with van der Waals surface area (Å²) in [7, 11) is 0. The number of carboxylic acids is 1. The second-order valence-electron chi connectivity index (χ2n) is 3.90. The van der Waals surface area contributed by atoms with Crippen LogP contribution in [0.15, 0.2) is 0 Å². The first-order valence-electron chi connectivity index (χ1n) is 5.17. The molecule has 1 aliphatic carbocycles. The average Bonchev–Trinajstić information content (AvgIpc) is 2.93. The zero-order valence-electron chi connectivity index (χ0n) is 8.86. The largest absolute Gasteiger partial charge is 0.480 e. The topological polar surface area (TPSA) is 66.4 Å². The third kappa shape index (κ3) is 5.67. The Morgan fingerprint density at radius 2 is 2.20 bits per heavy atom. The zero-order valence-corrected chi connectivity index (χ0v) is 9.68. The van der Waals surface area contributed by atoms with Crippen molar-refractivity contribution in [2.45, 2.75) is 32.2 Å². The Labute approximate surface area is 93.8 Å². The van der Waals surface area contributed by atoms with E-state index in [0.717, 1.165) is 11.7 Å². The monoisotopic (exact) mass is 231 g/mol. The van der Waals surface area contributed by atoms with E-state index in [1.165, 1.54) is 26.2 Å². The fourth-order valence-corrected chi connectivity index (χ4v) is 2.41. The molecule has 0 aromatic carbocycles. The van der Waals surface area contributed by atoms with Crippen molar-refractivity contribution in [3.05, 3.63) is 0 Å². The van der Waals surface area contributed by atoms with Crippen LogP contribution in [-0.4, -0.2) is 34.5 Å². The van der Waals surface area contributed by atoms with Crippen LogP contribution in [0, 0.1) is 5.92 Å². The number of hydrogen-bond donors (Lipinski definition) is 2. The van der Waals surface area contributed by atoms with Crippen molar-refractivity contribution in [3.63, 3.8) is 0 Å². The predicted molar refractivity (Wildman–Crippen MR) is 59.9 cm³/mol. The molecule has 1 amide bonds. The summed E-state index contributed by atoms with van der Waals surface area (Å²) in [5.41, 5.74) is 0. The number of amides is 1. The Bertz CT molecular complexity index is 241. The van der Waals surface area contributed by atoms with Crippen molar-refractivity contribution in [1.82, 2.24) is 5.32 Å². The third-order valence-corrected chi connectivity index (χ3v) is 3.42. The molecule has 0 spiro atoms. The van der Waals surface area contributed by atoms with E-state index < -0.39 is 12.0 Å². The molecule has 4 nitrogen and oxygen atoms in total. The molecule has 1 fully saturated rings. The lowest BCUT2D eigenvalue weighted by atomic mass is 10.3. The quantitative estimate of drug-likeness (QED) is 0.644. The summed E-state index contributed by atoms with van der Waals surface area (Å²) >= 11 is 1.60. The van der Waals surface area contributed by atoms with Gasteiger partial charge in [-0.3, -0.25) is 4.79 Å². The minimum atomic E-state index is -0.955. The summed E-state index contributed by atoms with van der Waals surface area (Å²) < 4.78 is 0. The Balaban J connectivity index is 2.12. The van der Waals surface area contributed by atoms with Gasteiger partial charge in [0.1, 0.15) is 6.04 Å². The number of carboxylic acid groups (broad SMARTS) is 1. The van der Waals surface area contributed by atoms with Crippen molar-refractivity contribution in [2.75, 3.05) is 11.5 Å². The highest BCUT2D eigenvalue weighted by Crippen LogP contribution is 2.33. The van der Waals surface area contributed by atoms with Gasteiger partial charge < -0.3 is 10.4 Å². The highest BCUT2D eigenvalue weighted by Gasteiger charge is 2.22. The first kappa shape index (κ1) is 12.4. The molecule has 1 atom stereocenters. The van der Waals surface area contributed by atoms with Crippen LogP contribution in [0.5, 0.6) is 0 Å². The second kappa shape index (κ2) is 6.00. The molecule has 0 heterocycles. The molecular formula is C10H17NO3S. The fourth-order valence-electron chi connectivity index (χ4n) is 1.28. The first-order chi connectivity index (χ1) is 7.09. The molecule has 0 aliphatic heterocycles. The minimum Gasteiger partial charge on any atom is -0.480 e. The number of rotatable bonds is 7. The first-order valence-corrected chi connectivity index (χ1v) is 6.32. The minimum absolute atomic E-state index is 0.287. The van der Waals surface area contributed by atoms with E-state index in [1.807, 2.05) is 0 Å². The smallest absolute Gasteiger partial charge is 0.327 e. The van der Waals surface area contributed by atoms with Gasteiger partial charge in [0.15, 0.2) is 0 Å². The van der Waals surface area contributed by atoms with Crippen molar-refractivity contribution >= 4 is 23.6 Å². The molecule has 0 bridgehead atoms. The van der Waals surface area contributed by atoms with Crippen LogP contribution in [0.4, 0.5) is 0 Å². The van der Waals surface area contributed by atoms with Crippen LogP contribution in [-0.2, 0) is 9.59 Å². The number of hydrogen-bond acceptors (Lipinski definition) is 3. The summed E-state index contributed by atoms with van der Waals surface area (Å²) in [6.07, 6.45) is 3.83. The van der Waals surface area contributed by atoms with Gasteiger partial charge in [-0.25, -0.2) is 4.79 Å². The van der Waals surface area contributed by atoms with E-state index in [-0.39, 0.29) is 5.91 Å². The average molecular weight is 231 g/mol. The summed E-state index contributed by atoms with van der Waals surface area (Å²) in [6.45, 7) is 1.34. The molecule has 0 radical (unpaired) electrons. The summed E-state index contributed by atoms with van der Waals surface area (Å²) in [5.74, 6) is 1.09. The van der Waals surface area contributed by atoms with Gasteiger partial charge >= 0.3 is 5.97 Å². The molecule has 0 saturated heterocycles. The number of aliphatic carboxylic acids is 1. The summed E-state index contributed by atoms with van der Waals surface area (Å²) in [5, 5.41) is 11.2. The lowest BCUT2D eigenvalue weighted by Crippen LogP contribution is -2.41. The molecular weight excluding hydrogens is 214 g/mol. The van der Waals surface area contributed by atoms with Gasteiger partial charge in [-0.15, -0.1) is 0 Å². The Morgan fingerprint density at radius 3 is 2.67 bits per heavy atom. The van der Waals surface area contributed by atoms with Crippen molar-refractivity contribution in [1.29, 1.82) is 0 Å². The van der Waals surface area contributed by atoms with Gasteiger partial charge in [0.05, 0.1) is 0 Å². The van der Waals surface area contributed by atoms with Crippen molar-refractivity contribution < 1.29 is 14.7 Å². The van der Waals surface area contributed by atoms with E-state index >= 15 is 0 Å². The maximum atomic E-state index is 10.7. The van der Waals surface area contributed by atoms with Crippen LogP contribution < -0.4 is 5.32 Å². The Kier molecular flexibility index (Phi) is 4.94. The molecule has 15 heavy (non-hydrogen) atoms. The Hall–Kier alpha value is -0.710. The van der Waals surface area contributed by atoms with Crippen LogP contribution in [0.3, 0.4) is 0 Å². The lowest BCUT2D eigenvalue weighted by Gasteiger charge is -2.12. The van der Waals surface area contributed by atoms with E-state index in [9.17, 15) is 9.59 Å². The molecule has 1 rings (SSSR count). The molecule has 1 aliphatic rings. The maximum absolute atomic E-state index is 10.7. The van der Waals surface area contributed by atoms with Gasteiger partial charge in [-0.2, -0.15) is 11.8 Å². The van der Waals surface area contributed by atoms with Crippen LogP contribution >= 0.6 is 11.8 Å². The highest BCUT2D eigenvalue weighted by atomic mass is 32.2. The lowest BCUT2D eigenvalue weighted by molar-refractivity contribution is -0.140. The third-order valence-electron chi connectivity index (χ3n) is 2.33. The van der Waals surface area contributed by atoms with Crippen LogP contribution in [0.25, 0.3) is 0 Å². The zero-order chi connectivity index (χ0) is 11.3. The molecule has 1 saturated carbocycles. The molecule has 5 heteroatoms. The van der Waals surface area contributed by atoms with Crippen LogP contribution in [0.1, 0.15) is 26.2 Å².